The predicted molar refractivity (Wildman–Crippen MR) is 76.0 cm³/mol. The molecule has 0 amide bonds. The van der Waals surface area contributed by atoms with E-state index in [1.54, 1.807) is 20.3 Å². The number of anilines is 2. The highest BCUT2D eigenvalue weighted by atomic mass is 16.5. The molecule has 1 aliphatic rings. The first-order chi connectivity index (χ1) is 9.24. The number of hydrogen-bond donors (Lipinski definition) is 2. The summed E-state index contributed by atoms with van der Waals surface area (Å²) in [6.45, 7) is 2.65. The molecule has 1 aliphatic heterocycles. The van der Waals surface area contributed by atoms with Crippen molar-refractivity contribution in [2.75, 3.05) is 45.0 Å². The van der Waals surface area contributed by atoms with Crippen LogP contribution in [0.4, 0.5) is 11.4 Å². The summed E-state index contributed by atoms with van der Waals surface area (Å²) in [7, 11) is 3.22. The Morgan fingerprint density at radius 2 is 2.05 bits per heavy atom. The molecule has 1 aromatic rings. The average molecular weight is 266 g/mol. The van der Waals surface area contributed by atoms with Crippen LogP contribution in [-0.4, -0.2) is 34.0 Å². The van der Waals surface area contributed by atoms with Gasteiger partial charge in [-0.1, -0.05) is 0 Å². The zero-order valence-electron chi connectivity index (χ0n) is 11.6. The molecule has 19 heavy (non-hydrogen) atoms. The van der Waals surface area contributed by atoms with Crippen molar-refractivity contribution in [1.82, 2.24) is 0 Å². The number of nitrogens with one attached hydrogen (secondary N) is 1. The van der Waals surface area contributed by atoms with Crippen LogP contribution in [0.15, 0.2) is 12.1 Å². The van der Waals surface area contributed by atoms with Crippen molar-refractivity contribution in [3.8, 4) is 11.5 Å². The van der Waals surface area contributed by atoms with Crippen molar-refractivity contribution < 1.29 is 14.2 Å². The zero-order chi connectivity index (χ0) is 13.7. The molecule has 0 saturated carbocycles. The van der Waals surface area contributed by atoms with Gasteiger partial charge in [-0.3, -0.25) is 0 Å². The van der Waals surface area contributed by atoms with Gasteiger partial charge in [0.15, 0.2) is 11.5 Å². The SMILES string of the molecule is COc1cc(N)c(NCCC2CCOC2)cc1OC. The summed E-state index contributed by atoms with van der Waals surface area (Å²) in [6.07, 6.45) is 2.25. The van der Waals surface area contributed by atoms with Gasteiger partial charge in [-0.15, -0.1) is 0 Å². The number of rotatable bonds is 6. The summed E-state index contributed by atoms with van der Waals surface area (Å²) in [5, 5.41) is 3.35. The first-order valence-electron chi connectivity index (χ1n) is 6.57. The monoisotopic (exact) mass is 266 g/mol. The molecule has 0 aromatic heterocycles. The second-order valence-electron chi connectivity index (χ2n) is 4.74. The van der Waals surface area contributed by atoms with Crippen LogP contribution >= 0.6 is 0 Å². The zero-order valence-corrected chi connectivity index (χ0v) is 11.6. The van der Waals surface area contributed by atoms with Crippen LogP contribution in [0.3, 0.4) is 0 Å². The number of hydrogen-bond acceptors (Lipinski definition) is 5. The molecule has 5 heteroatoms. The molecule has 106 valence electrons. The van der Waals surface area contributed by atoms with Crippen LogP contribution in [0.2, 0.25) is 0 Å². The normalized spacial score (nSPS) is 18.3. The summed E-state index contributed by atoms with van der Waals surface area (Å²) in [5.74, 6) is 1.99. The van der Waals surface area contributed by atoms with Crippen LogP contribution in [0, 0.1) is 5.92 Å². The summed E-state index contributed by atoms with van der Waals surface area (Å²) in [6, 6.07) is 3.65. The highest BCUT2D eigenvalue weighted by molar-refractivity contribution is 5.72. The largest absolute Gasteiger partial charge is 0.493 e. The Kier molecular flexibility index (Phi) is 4.74. The highest BCUT2D eigenvalue weighted by Gasteiger charge is 2.15. The van der Waals surface area contributed by atoms with E-state index in [1.165, 1.54) is 0 Å². The molecule has 3 N–H and O–H groups in total. The molecular formula is C14H22N2O3. The Morgan fingerprint density at radius 1 is 1.32 bits per heavy atom. The Bertz CT molecular complexity index is 417. The van der Waals surface area contributed by atoms with E-state index in [1.807, 2.05) is 6.07 Å². The summed E-state index contributed by atoms with van der Waals surface area (Å²) in [5.41, 5.74) is 7.54. The van der Waals surface area contributed by atoms with Gasteiger partial charge in [-0.25, -0.2) is 0 Å². The molecule has 5 nitrogen and oxygen atoms in total. The van der Waals surface area contributed by atoms with Crippen molar-refractivity contribution in [3.05, 3.63) is 12.1 Å². The maximum atomic E-state index is 5.99. The van der Waals surface area contributed by atoms with Crippen molar-refractivity contribution in [1.29, 1.82) is 0 Å². The minimum absolute atomic E-state index is 0.648. The average Bonchev–Trinajstić information content (AvgIpc) is 2.93. The van der Waals surface area contributed by atoms with Crippen molar-refractivity contribution in [3.63, 3.8) is 0 Å². The summed E-state index contributed by atoms with van der Waals surface area (Å²) in [4.78, 5) is 0. The smallest absolute Gasteiger partial charge is 0.162 e. The molecule has 0 aliphatic carbocycles. The van der Waals surface area contributed by atoms with Gasteiger partial charge in [0.2, 0.25) is 0 Å². The maximum absolute atomic E-state index is 5.99. The van der Waals surface area contributed by atoms with Gasteiger partial charge in [-0.05, 0) is 18.8 Å². The topological polar surface area (TPSA) is 65.7 Å². The number of ether oxygens (including phenoxy) is 3. The molecule has 1 saturated heterocycles. The molecule has 2 rings (SSSR count). The number of nitrogens with two attached hydrogens (primary N) is 1. The third-order valence-electron chi connectivity index (χ3n) is 3.45. The molecule has 1 fully saturated rings. The lowest BCUT2D eigenvalue weighted by molar-refractivity contribution is 0.185. The van der Waals surface area contributed by atoms with Gasteiger partial charge in [0.05, 0.1) is 25.6 Å². The Hall–Kier alpha value is -1.62. The van der Waals surface area contributed by atoms with E-state index in [4.69, 9.17) is 19.9 Å². The van der Waals surface area contributed by atoms with Crippen molar-refractivity contribution in [2.24, 2.45) is 5.92 Å². The first-order valence-corrected chi connectivity index (χ1v) is 6.57. The lowest BCUT2D eigenvalue weighted by atomic mass is 10.1. The van der Waals surface area contributed by atoms with Crippen LogP contribution in [-0.2, 0) is 4.74 Å². The Labute approximate surface area is 114 Å². The first kappa shape index (κ1) is 13.8. The molecule has 0 radical (unpaired) electrons. The number of methoxy groups -OCH3 is 2. The highest BCUT2D eigenvalue weighted by Crippen LogP contribution is 2.34. The summed E-state index contributed by atoms with van der Waals surface area (Å²) >= 11 is 0. The van der Waals surface area contributed by atoms with Crippen LogP contribution in [0.25, 0.3) is 0 Å². The molecule has 1 unspecified atom stereocenters. The van der Waals surface area contributed by atoms with Gasteiger partial charge in [0.25, 0.3) is 0 Å². The fourth-order valence-electron chi connectivity index (χ4n) is 2.27. The standard InChI is InChI=1S/C14H22N2O3/c1-17-13-7-11(15)12(8-14(13)18-2)16-5-3-10-4-6-19-9-10/h7-8,10,16H,3-6,9,15H2,1-2H3. The van der Waals surface area contributed by atoms with Crippen molar-refractivity contribution >= 4 is 11.4 Å². The van der Waals surface area contributed by atoms with E-state index < -0.39 is 0 Å². The molecule has 1 atom stereocenters. The van der Waals surface area contributed by atoms with E-state index in [0.717, 1.165) is 38.3 Å². The van der Waals surface area contributed by atoms with E-state index in [0.29, 0.717) is 23.1 Å². The van der Waals surface area contributed by atoms with E-state index in [2.05, 4.69) is 5.32 Å². The molecule has 1 heterocycles. The van der Waals surface area contributed by atoms with Crippen LogP contribution < -0.4 is 20.5 Å². The van der Waals surface area contributed by atoms with Gasteiger partial charge >= 0.3 is 0 Å². The third kappa shape index (κ3) is 3.44. The summed E-state index contributed by atoms with van der Waals surface area (Å²) < 4.78 is 15.8. The number of benzene rings is 1. The van der Waals surface area contributed by atoms with Gasteiger partial charge < -0.3 is 25.3 Å². The third-order valence-corrected chi connectivity index (χ3v) is 3.45. The van der Waals surface area contributed by atoms with Crippen molar-refractivity contribution in [2.45, 2.75) is 12.8 Å². The van der Waals surface area contributed by atoms with Crippen LogP contribution in [0.5, 0.6) is 11.5 Å². The Balaban J connectivity index is 1.95. The second kappa shape index (κ2) is 6.52. The molecular weight excluding hydrogens is 244 g/mol. The molecule has 1 aromatic carbocycles. The quantitative estimate of drug-likeness (QED) is 0.772. The minimum atomic E-state index is 0.648. The van der Waals surface area contributed by atoms with E-state index in [-0.39, 0.29) is 0 Å². The maximum Gasteiger partial charge on any atom is 0.162 e. The number of nitrogen functional groups attached to an aromatic ring is 1. The predicted octanol–water partition coefficient (Wildman–Crippen LogP) is 2.12. The van der Waals surface area contributed by atoms with Crippen LogP contribution in [0.1, 0.15) is 12.8 Å². The fraction of sp³-hybridized carbons (Fsp3) is 0.571. The van der Waals surface area contributed by atoms with E-state index in [9.17, 15) is 0 Å². The fourth-order valence-corrected chi connectivity index (χ4v) is 2.27. The second-order valence-corrected chi connectivity index (χ2v) is 4.74. The molecule has 0 bridgehead atoms. The van der Waals surface area contributed by atoms with Gasteiger partial charge in [-0.2, -0.15) is 0 Å². The lowest BCUT2D eigenvalue weighted by Gasteiger charge is -2.15. The lowest BCUT2D eigenvalue weighted by Crippen LogP contribution is -2.10. The van der Waals surface area contributed by atoms with Gasteiger partial charge in [0, 0.05) is 31.9 Å². The minimum Gasteiger partial charge on any atom is -0.493 e. The Morgan fingerprint density at radius 3 is 2.68 bits per heavy atom. The van der Waals surface area contributed by atoms with Gasteiger partial charge in [0.1, 0.15) is 0 Å². The van der Waals surface area contributed by atoms with E-state index >= 15 is 0 Å². The molecule has 0 spiro atoms.